The highest BCUT2D eigenvalue weighted by Crippen LogP contribution is 2.28. The Hall–Kier alpha value is -2.27. The topological polar surface area (TPSA) is 46.3 Å². The quantitative estimate of drug-likeness (QED) is 0.666. The highest BCUT2D eigenvalue weighted by Gasteiger charge is 2.21. The highest BCUT2D eigenvalue weighted by atomic mass is 32.2. The minimum absolute atomic E-state index is 0.172. The van der Waals surface area contributed by atoms with Crippen LogP contribution in [0, 0.1) is 0 Å². The van der Waals surface area contributed by atoms with E-state index in [-0.39, 0.29) is 5.91 Å². The van der Waals surface area contributed by atoms with Gasteiger partial charge in [-0.2, -0.15) is 0 Å². The van der Waals surface area contributed by atoms with Crippen molar-refractivity contribution >= 4 is 34.5 Å². The van der Waals surface area contributed by atoms with Crippen molar-refractivity contribution < 1.29 is 9.21 Å². The molecule has 122 valence electrons. The van der Waals surface area contributed by atoms with Gasteiger partial charge in [-0.25, -0.2) is 4.98 Å². The van der Waals surface area contributed by atoms with Gasteiger partial charge in [0.15, 0.2) is 5.58 Å². The molecule has 4 nitrogen and oxygen atoms in total. The molecule has 1 aliphatic rings. The molecule has 24 heavy (non-hydrogen) atoms. The summed E-state index contributed by atoms with van der Waals surface area (Å²) in [5.41, 5.74) is 3.98. The maximum atomic E-state index is 12.6. The minimum atomic E-state index is 0.172. The van der Waals surface area contributed by atoms with Gasteiger partial charge in [0.05, 0.1) is 0 Å². The number of nitrogens with zero attached hydrogens (tertiary/aromatic N) is 2. The number of oxazole rings is 1. The zero-order valence-electron chi connectivity index (χ0n) is 13.3. The van der Waals surface area contributed by atoms with Gasteiger partial charge in [0.1, 0.15) is 5.52 Å². The van der Waals surface area contributed by atoms with Gasteiger partial charge in [0.2, 0.25) is 5.91 Å². The molecule has 0 saturated carbocycles. The minimum Gasteiger partial charge on any atom is -0.431 e. The van der Waals surface area contributed by atoms with Crippen LogP contribution in [-0.4, -0.2) is 23.2 Å². The van der Waals surface area contributed by atoms with Crippen LogP contribution in [0.3, 0.4) is 0 Å². The van der Waals surface area contributed by atoms with E-state index in [4.69, 9.17) is 4.42 Å². The van der Waals surface area contributed by atoms with Crippen molar-refractivity contribution in [2.45, 2.75) is 24.5 Å². The predicted octanol–water partition coefficient (Wildman–Crippen LogP) is 4.29. The molecular weight excluding hydrogens is 320 g/mol. The van der Waals surface area contributed by atoms with Crippen LogP contribution in [0.2, 0.25) is 0 Å². The van der Waals surface area contributed by atoms with Gasteiger partial charge < -0.3 is 9.32 Å². The van der Waals surface area contributed by atoms with Gasteiger partial charge in [0, 0.05) is 24.4 Å². The number of fused-ring (bicyclic) bond motifs is 2. The number of rotatable bonds is 4. The smallest absolute Gasteiger partial charge is 0.256 e. The van der Waals surface area contributed by atoms with Crippen LogP contribution >= 0.6 is 11.8 Å². The number of carbonyl (C=O) groups excluding carboxylic acids is 1. The summed E-state index contributed by atoms with van der Waals surface area (Å²) in [6.45, 7) is 0.809. The molecule has 0 spiro atoms. The lowest BCUT2D eigenvalue weighted by Crippen LogP contribution is -2.35. The summed E-state index contributed by atoms with van der Waals surface area (Å²) in [4.78, 5) is 18.9. The second-order valence-corrected chi connectivity index (χ2v) is 6.87. The SMILES string of the molecule is O=C(CCSc1nc2ccccc2o1)N1CCCc2ccccc21. The highest BCUT2D eigenvalue weighted by molar-refractivity contribution is 7.99. The third-order valence-corrected chi connectivity index (χ3v) is 5.06. The van der Waals surface area contributed by atoms with E-state index in [1.807, 2.05) is 47.4 Å². The van der Waals surface area contributed by atoms with Crippen LogP contribution in [0.15, 0.2) is 58.2 Å². The van der Waals surface area contributed by atoms with Gasteiger partial charge >= 0.3 is 0 Å². The lowest BCUT2D eigenvalue weighted by molar-refractivity contribution is -0.118. The molecular formula is C19H18N2O2S. The third-order valence-electron chi connectivity index (χ3n) is 4.23. The number of aromatic nitrogens is 1. The first-order chi connectivity index (χ1) is 11.8. The van der Waals surface area contributed by atoms with Crippen molar-refractivity contribution in [1.29, 1.82) is 0 Å². The number of carbonyl (C=O) groups is 1. The van der Waals surface area contributed by atoms with E-state index in [1.54, 1.807) is 0 Å². The van der Waals surface area contributed by atoms with Crippen molar-refractivity contribution in [2.75, 3.05) is 17.2 Å². The Balaban J connectivity index is 1.39. The van der Waals surface area contributed by atoms with Gasteiger partial charge in [-0.15, -0.1) is 0 Å². The zero-order valence-corrected chi connectivity index (χ0v) is 14.1. The molecule has 4 rings (SSSR count). The number of para-hydroxylation sites is 3. The molecule has 0 N–H and O–H groups in total. The molecule has 0 radical (unpaired) electrons. The Bertz CT molecular complexity index is 841. The summed E-state index contributed by atoms with van der Waals surface area (Å²) in [6.07, 6.45) is 2.57. The number of anilines is 1. The van der Waals surface area contributed by atoms with Crippen molar-refractivity contribution in [3.8, 4) is 0 Å². The number of hydrogen-bond acceptors (Lipinski definition) is 4. The van der Waals surface area contributed by atoms with Crippen LogP contribution in [0.25, 0.3) is 11.1 Å². The summed E-state index contributed by atoms with van der Waals surface area (Å²) >= 11 is 1.49. The van der Waals surface area contributed by atoms with Gasteiger partial charge in [-0.3, -0.25) is 4.79 Å². The van der Waals surface area contributed by atoms with Crippen molar-refractivity contribution in [1.82, 2.24) is 4.98 Å². The van der Waals surface area contributed by atoms with E-state index < -0.39 is 0 Å². The van der Waals surface area contributed by atoms with Crippen molar-refractivity contribution in [3.05, 3.63) is 54.1 Å². The summed E-state index contributed by atoms with van der Waals surface area (Å²) in [5, 5.41) is 0.628. The maximum absolute atomic E-state index is 12.6. The number of aryl methyl sites for hydroxylation is 1. The van der Waals surface area contributed by atoms with Gasteiger partial charge in [-0.05, 0) is 36.6 Å². The van der Waals surface area contributed by atoms with Crippen LogP contribution < -0.4 is 4.90 Å². The second-order valence-electron chi connectivity index (χ2n) is 5.82. The first kappa shape index (κ1) is 15.3. The van der Waals surface area contributed by atoms with Gasteiger partial charge in [-0.1, -0.05) is 42.1 Å². The van der Waals surface area contributed by atoms with E-state index in [1.165, 1.54) is 17.3 Å². The molecule has 5 heteroatoms. The molecule has 1 amide bonds. The molecule has 1 aliphatic heterocycles. The van der Waals surface area contributed by atoms with Crippen LogP contribution in [-0.2, 0) is 11.2 Å². The van der Waals surface area contributed by atoms with Crippen LogP contribution in [0.1, 0.15) is 18.4 Å². The molecule has 0 saturated heterocycles. The lowest BCUT2D eigenvalue weighted by Gasteiger charge is -2.29. The Morgan fingerprint density at radius 1 is 1.17 bits per heavy atom. The van der Waals surface area contributed by atoms with Gasteiger partial charge in [0.25, 0.3) is 5.22 Å². The predicted molar refractivity (Wildman–Crippen MR) is 96.5 cm³/mol. The van der Waals surface area contributed by atoms with Crippen molar-refractivity contribution in [3.63, 3.8) is 0 Å². The molecule has 0 bridgehead atoms. The molecule has 0 atom stereocenters. The number of amides is 1. The Morgan fingerprint density at radius 2 is 2.00 bits per heavy atom. The summed E-state index contributed by atoms with van der Waals surface area (Å²) in [5.74, 6) is 0.843. The number of hydrogen-bond donors (Lipinski definition) is 0. The normalized spacial score (nSPS) is 13.9. The summed E-state index contributed by atoms with van der Waals surface area (Å²) in [6, 6.07) is 15.9. The number of benzene rings is 2. The average Bonchev–Trinajstić information content (AvgIpc) is 3.04. The molecule has 0 aliphatic carbocycles. The van der Waals surface area contributed by atoms with E-state index in [9.17, 15) is 4.79 Å². The molecule has 1 aromatic heterocycles. The Morgan fingerprint density at radius 3 is 2.92 bits per heavy atom. The van der Waals surface area contributed by atoms with Crippen LogP contribution in [0.4, 0.5) is 5.69 Å². The molecule has 0 fully saturated rings. The summed E-state index contributed by atoms with van der Waals surface area (Å²) < 4.78 is 5.68. The lowest BCUT2D eigenvalue weighted by atomic mass is 10.0. The fraction of sp³-hybridized carbons (Fsp3) is 0.263. The zero-order chi connectivity index (χ0) is 16.4. The fourth-order valence-corrected chi connectivity index (χ4v) is 3.83. The molecule has 3 aromatic rings. The van der Waals surface area contributed by atoms with Crippen molar-refractivity contribution in [2.24, 2.45) is 0 Å². The molecule has 2 aromatic carbocycles. The monoisotopic (exact) mass is 338 g/mol. The standard InChI is InChI=1S/C19H18N2O2S/c22-18(21-12-5-7-14-6-1-3-9-16(14)21)11-13-24-19-20-15-8-2-4-10-17(15)23-19/h1-4,6,8-10H,5,7,11-13H2. The average molecular weight is 338 g/mol. The Kier molecular flexibility index (Phi) is 4.26. The second kappa shape index (κ2) is 6.69. The maximum Gasteiger partial charge on any atom is 0.256 e. The number of thioether (sulfide) groups is 1. The third kappa shape index (κ3) is 3.04. The van der Waals surface area contributed by atoms with E-state index >= 15 is 0 Å². The first-order valence-electron chi connectivity index (χ1n) is 8.18. The van der Waals surface area contributed by atoms with E-state index in [2.05, 4.69) is 11.1 Å². The van der Waals surface area contributed by atoms with Crippen LogP contribution in [0.5, 0.6) is 0 Å². The fourth-order valence-electron chi connectivity index (χ4n) is 3.07. The molecule has 2 heterocycles. The largest absolute Gasteiger partial charge is 0.431 e. The van der Waals surface area contributed by atoms with E-state index in [0.717, 1.165) is 36.2 Å². The first-order valence-corrected chi connectivity index (χ1v) is 9.16. The molecule has 0 unspecified atom stereocenters. The Labute approximate surface area is 144 Å². The van der Waals surface area contributed by atoms with E-state index in [0.29, 0.717) is 17.4 Å². The summed E-state index contributed by atoms with van der Waals surface area (Å²) in [7, 11) is 0.